The summed E-state index contributed by atoms with van der Waals surface area (Å²) in [6, 6.07) is 12.7. The molecule has 1 N–H and O–H groups in total. The molecule has 7 heteroatoms. The number of nitrogens with one attached hydrogen (secondary N) is 1. The molecule has 3 rings (SSSR count). The second-order valence-corrected chi connectivity index (χ2v) is 8.05. The summed E-state index contributed by atoms with van der Waals surface area (Å²) in [7, 11) is 0. The van der Waals surface area contributed by atoms with E-state index in [9.17, 15) is 9.59 Å². The number of ether oxygens (including phenoxy) is 4. The number of anilines is 1. The van der Waals surface area contributed by atoms with E-state index in [4.69, 9.17) is 18.9 Å². The predicted molar refractivity (Wildman–Crippen MR) is 112 cm³/mol. The molecular formula is C23H27NO6. The first kappa shape index (κ1) is 21.5. The second-order valence-electron chi connectivity index (χ2n) is 8.05. The largest absolute Gasteiger partial charge is 0.486 e. The average Bonchev–Trinajstić information content (AvgIpc) is 2.71. The van der Waals surface area contributed by atoms with Gasteiger partial charge in [0.1, 0.15) is 19.0 Å². The number of fused-ring (bicyclic) bond motifs is 1. The van der Waals surface area contributed by atoms with Crippen LogP contribution in [-0.2, 0) is 19.7 Å². The maximum absolute atomic E-state index is 12.2. The SMILES string of the molecule is C[C@@H](Oc1ccc(C(C)(C)C)cc1)C(=O)OCC(=O)Nc1ccc2c(c1)OCCO2. The van der Waals surface area contributed by atoms with E-state index >= 15 is 0 Å². The highest BCUT2D eigenvalue weighted by Gasteiger charge is 2.19. The molecule has 1 amide bonds. The highest BCUT2D eigenvalue weighted by molar-refractivity contribution is 5.93. The normalized spacial score (nSPS) is 13.9. The van der Waals surface area contributed by atoms with E-state index < -0.39 is 24.6 Å². The Hall–Kier alpha value is -3.22. The van der Waals surface area contributed by atoms with E-state index in [0.29, 0.717) is 36.1 Å². The van der Waals surface area contributed by atoms with Crippen LogP contribution < -0.4 is 19.5 Å². The molecule has 0 unspecified atom stereocenters. The Morgan fingerprint density at radius 2 is 1.70 bits per heavy atom. The number of esters is 1. The summed E-state index contributed by atoms with van der Waals surface area (Å²) in [5.41, 5.74) is 1.73. The molecule has 7 nitrogen and oxygen atoms in total. The number of carbonyl (C=O) groups excluding carboxylic acids is 2. The van der Waals surface area contributed by atoms with Gasteiger partial charge in [-0.3, -0.25) is 4.79 Å². The van der Waals surface area contributed by atoms with Crippen LogP contribution >= 0.6 is 0 Å². The van der Waals surface area contributed by atoms with Crippen LogP contribution in [0.1, 0.15) is 33.3 Å². The molecular weight excluding hydrogens is 386 g/mol. The summed E-state index contributed by atoms with van der Waals surface area (Å²) in [6.45, 7) is 8.49. The number of rotatable bonds is 6. The van der Waals surface area contributed by atoms with Crippen LogP contribution in [0.2, 0.25) is 0 Å². The molecule has 0 fully saturated rings. The summed E-state index contributed by atoms with van der Waals surface area (Å²) in [4.78, 5) is 24.3. The lowest BCUT2D eigenvalue weighted by Gasteiger charge is -2.20. The van der Waals surface area contributed by atoms with Crippen LogP contribution in [0.3, 0.4) is 0 Å². The van der Waals surface area contributed by atoms with Gasteiger partial charge in [-0.05, 0) is 42.2 Å². The molecule has 30 heavy (non-hydrogen) atoms. The number of amides is 1. The summed E-state index contributed by atoms with van der Waals surface area (Å²) in [6.07, 6.45) is -0.840. The topological polar surface area (TPSA) is 83.1 Å². The number of hydrogen-bond donors (Lipinski definition) is 1. The average molecular weight is 413 g/mol. The van der Waals surface area contributed by atoms with Crippen molar-refractivity contribution in [1.82, 2.24) is 0 Å². The maximum Gasteiger partial charge on any atom is 0.347 e. The van der Waals surface area contributed by atoms with Gasteiger partial charge in [0.2, 0.25) is 0 Å². The van der Waals surface area contributed by atoms with E-state index in [1.165, 1.54) is 5.56 Å². The van der Waals surface area contributed by atoms with Gasteiger partial charge >= 0.3 is 5.97 Å². The highest BCUT2D eigenvalue weighted by atomic mass is 16.6. The van der Waals surface area contributed by atoms with Crippen LogP contribution in [0.15, 0.2) is 42.5 Å². The van der Waals surface area contributed by atoms with Crippen molar-refractivity contribution >= 4 is 17.6 Å². The fourth-order valence-electron chi connectivity index (χ4n) is 2.86. The van der Waals surface area contributed by atoms with E-state index in [1.54, 1.807) is 25.1 Å². The molecule has 0 spiro atoms. The summed E-state index contributed by atoms with van der Waals surface area (Å²) >= 11 is 0. The Morgan fingerprint density at radius 3 is 2.37 bits per heavy atom. The molecule has 1 aliphatic heterocycles. The van der Waals surface area contributed by atoms with Crippen molar-refractivity contribution < 1.29 is 28.5 Å². The Labute approximate surface area is 176 Å². The molecule has 2 aromatic rings. The summed E-state index contributed by atoms with van der Waals surface area (Å²) in [5.74, 6) is 0.685. The minimum Gasteiger partial charge on any atom is -0.486 e. The lowest BCUT2D eigenvalue weighted by atomic mass is 9.87. The summed E-state index contributed by atoms with van der Waals surface area (Å²) < 4.78 is 21.6. The van der Waals surface area contributed by atoms with Crippen molar-refractivity contribution in [3.63, 3.8) is 0 Å². The molecule has 1 heterocycles. The maximum atomic E-state index is 12.2. The monoisotopic (exact) mass is 413 g/mol. The number of carbonyl (C=O) groups is 2. The van der Waals surface area contributed by atoms with Crippen LogP contribution in [-0.4, -0.2) is 37.8 Å². The van der Waals surface area contributed by atoms with E-state index in [0.717, 1.165) is 0 Å². The molecule has 2 aromatic carbocycles. The van der Waals surface area contributed by atoms with Gasteiger partial charge in [0, 0.05) is 11.8 Å². The van der Waals surface area contributed by atoms with Crippen molar-refractivity contribution in [2.24, 2.45) is 0 Å². The third kappa shape index (κ3) is 5.65. The Bertz CT molecular complexity index is 901. The van der Waals surface area contributed by atoms with Crippen molar-refractivity contribution in [3.05, 3.63) is 48.0 Å². The van der Waals surface area contributed by atoms with Crippen molar-refractivity contribution in [1.29, 1.82) is 0 Å². The molecule has 160 valence electrons. The third-order valence-electron chi connectivity index (χ3n) is 4.54. The first-order valence-corrected chi connectivity index (χ1v) is 9.86. The zero-order valence-corrected chi connectivity index (χ0v) is 17.7. The number of benzene rings is 2. The van der Waals surface area contributed by atoms with E-state index in [2.05, 4.69) is 26.1 Å². The van der Waals surface area contributed by atoms with Crippen molar-refractivity contribution in [2.45, 2.75) is 39.2 Å². The van der Waals surface area contributed by atoms with Crippen LogP contribution in [0.4, 0.5) is 5.69 Å². The Morgan fingerprint density at radius 1 is 1.03 bits per heavy atom. The van der Waals surface area contributed by atoms with Gasteiger partial charge in [-0.2, -0.15) is 0 Å². The van der Waals surface area contributed by atoms with Gasteiger partial charge in [0.15, 0.2) is 24.2 Å². The van der Waals surface area contributed by atoms with Gasteiger partial charge in [-0.25, -0.2) is 4.79 Å². The highest BCUT2D eigenvalue weighted by Crippen LogP contribution is 2.32. The van der Waals surface area contributed by atoms with Gasteiger partial charge in [0.25, 0.3) is 5.91 Å². The smallest absolute Gasteiger partial charge is 0.347 e. The van der Waals surface area contributed by atoms with Gasteiger partial charge in [-0.1, -0.05) is 32.9 Å². The van der Waals surface area contributed by atoms with Gasteiger partial charge in [-0.15, -0.1) is 0 Å². The van der Waals surface area contributed by atoms with Crippen molar-refractivity contribution in [2.75, 3.05) is 25.1 Å². The molecule has 0 aromatic heterocycles. The second kappa shape index (κ2) is 9.07. The molecule has 0 saturated carbocycles. The van der Waals surface area contributed by atoms with Gasteiger partial charge in [0.05, 0.1) is 0 Å². The van der Waals surface area contributed by atoms with Crippen LogP contribution in [0, 0.1) is 0 Å². The Balaban J connectivity index is 1.47. The molecule has 0 radical (unpaired) electrons. The standard InChI is InChI=1S/C23H27NO6/c1-15(30-18-8-5-16(6-9-18)23(2,3)4)22(26)29-14-21(25)24-17-7-10-19-20(13-17)28-12-11-27-19/h5-10,13,15H,11-12,14H2,1-4H3,(H,24,25)/t15-/m1/s1. The molecule has 1 atom stereocenters. The minimum atomic E-state index is -0.840. The number of hydrogen-bond acceptors (Lipinski definition) is 6. The quantitative estimate of drug-likeness (QED) is 0.727. The van der Waals surface area contributed by atoms with E-state index in [1.807, 2.05) is 24.3 Å². The first-order chi connectivity index (χ1) is 14.2. The van der Waals surface area contributed by atoms with Gasteiger partial charge < -0.3 is 24.3 Å². The predicted octanol–water partition coefficient (Wildman–Crippen LogP) is 3.70. The fraction of sp³-hybridized carbons (Fsp3) is 0.391. The molecule has 0 bridgehead atoms. The first-order valence-electron chi connectivity index (χ1n) is 9.86. The zero-order valence-electron chi connectivity index (χ0n) is 17.7. The van der Waals surface area contributed by atoms with Crippen LogP contribution in [0.5, 0.6) is 17.2 Å². The molecule has 0 aliphatic carbocycles. The molecule has 0 saturated heterocycles. The molecule has 1 aliphatic rings. The summed E-state index contributed by atoms with van der Waals surface area (Å²) in [5, 5.41) is 2.66. The van der Waals surface area contributed by atoms with E-state index in [-0.39, 0.29) is 5.41 Å². The van der Waals surface area contributed by atoms with Crippen LogP contribution in [0.25, 0.3) is 0 Å². The minimum absolute atomic E-state index is 0.0354. The van der Waals surface area contributed by atoms with Crippen molar-refractivity contribution in [3.8, 4) is 17.2 Å². The third-order valence-corrected chi connectivity index (χ3v) is 4.54. The fourth-order valence-corrected chi connectivity index (χ4v) is 2.86. The lowest BCUT2D eigenvalue weighted by molar-refractivity contribution is -0.153. The lowest BCUT2D eigenvalue weighted by Crippen LogP contribution is -2.29. The Kier molecular flexibility index (Phi) is 6.50. The zero-order chi connectivity index (χ0) is 21.7.